The van der Waals surface area contributed by atoms with E-state index in [1.54, 1.807) is 0 Å². The Kier molecular flexibility index (Phi) is 4.22. The molecule has 1 aliphatic heterocycles. The summed E-state index contributed by atoms with van der Waals surface area (Å²) < 4.78 is 0. The third-order valence-electron chi connectivity index (χ3n) is 4.36. The van der Waals surface area contributed by atoms with Gasteiger partial charge in [-0.1, -0.05) is 20.3 Å². The van der Waals surface area contributed by atoms with E-state index in [0.717, 1.165) is 25.7 Å². The molecule has 2 fully saturated rings. The number of nitrogens with zero attached hydrogens (tertiary/aromatic N) is 1. The summed E-state index contributed by atoms with van der Waals surface area (Å²) in [6, 6.07) is -1.18. The number of carbonyl (C=O) groups is 2. The number of β-amino-alcohol motifs (C(OH)–C–C–N with tert-alkyl or cyclic N) is 1. The van der Waals surface area contributed by atoms with Crippen molar-refractivity contribution in [3.63, 3.8) is 0 Å². The van der Waals surface area contributed by atoms with Gasteiger partial charge in [-0.15, -0.1) is 0 Å². The molecule has 2 amide bonds. The van der Waals surface area contributed by atoms with E-state index < -0.39 is 18.1 Å². The number of urea groups is 1. The molecule has 6 nitrogen and oxygen atoms in total. The molecule has 114 valence electrons. The first-order valence-corrected chi connectivity index (χ1v) is 7.26. The largest absolute Gasteiger partial charge is 0.480 e. The molecule has 2 rings (SSSR count). The van der Waals surface area contributed by atoms with Crippen molar-refractivity contribution in [2.24, 2.45) is 5.41 Å². The first-order valence-electron chi connectivity index (χ1n) is 7.26. The zero-order chi connectivity index (χ0) is 14.9. The second-order valence-electron chi connectivity index (χ2n) is 6.80. The highest BCUT2D eigenvalue weighted by molar-refractivity contribution is 5.83. The average molecular weight is 284 g/mol. The van der Waals surface area contributed by atoms with Crippen molar-refractivity contribution in [1.29, 1.82) is 0 Å². The molecule has 2 aliphatic rings. The van der Waals surface area contributed by atoms with Crippen molar-refractivity contribution in [2.45, 2.75) is 64.1 Å². The van der Waals surface area contributed by atoms with Gasteiger partial charge in [0, 0.05) is 19.0 Å². The van der Waals surface area contributed by atoms with Crippen molar-refractivity contribution in [3.05, 3.63) is 0 Å². The van der Waals surface area contributed by atoms with Crippen LogP contribution in [0.15, 0.2) is 0 Å². The summed E-state index contributed by atoms with van der Waals surface area (Å²) in [5.41, 5.74) is 0.215. The number of carboxylic acid groups (broad SMARTS) is 1. The number of aliphatic carboxylic acids is 1. The normalized spacial score (nSPS) is 33.0. The van der Waals surface area contributed by atoms with Crippen LogP contribution in [-0.4, -0.2) is 51.8 Å². The molecule has 3 N–H and O–H groups in total. The van der Waals surface area contributed by atoms with Gasteiger partial charge in [-0.05, 0) is 24.7 Å². The number of hydrogen-bond donors (Lipinski definition) is 3. The Morgan fingerprint density at radius 3 is 2.65 bits per heavy atom. The van der Waals surface area contributed by atoms with Crippen molar-refractivity contribution in [2.75, 3.05) is 6.54 Å². The number of amides is 2. The lowest BCUT2D eigenvalue weighted by atomic mass is 9.75. The Hall–Kier alpha value is -1.30. The quantitative estimate of drug-likeness (QED) is 0.710. The molecule has 1 heterocycles. The minimum atomic E-state index is -1.05. The SMILES string of the molecule is CC1(C)CCCC(NC(=O)N2CC(O)CC2C(=O)O)C1. The maximum Gasteiger partial charge on any atom is 0.326 e. The van der Waals surface area contributed by atoms with Crippen LogP contribution in [0.25, 0.3) is 0 Å². The van der Waals surface area contributed by atoms with Gasteiger partial charge in [0.1, 0.15) is 6.04 Å². The van der Waals surface area contributed by atoms with Crippen LogP contribution in [0.5, 0.6) is 0 Å². The summed E-state index contributed by atoms with van der Waals surface area (Å²) in [5.74, 6) is -1.05. The van der Waals surface area contributed by atoms with E-state index in [1.165, 1.54) is 4.90 Å². The Balaban J connectivity index is 1.95. The Morgan fingerprint density at radius 2 is 2.05 bits per heavy atom. The van der Waals surface area contributed by atoms with Crippen molar-refractivity contribution in [1.82, 2.24) is 10.2 Å². The maximum absolute atomic E-state index is 12.2. The molecule has 0 aromatic carbocycles. The molecule has 20 heavy (non-hydrogen) atoms. The average Bonchev–Trinajstić information content (AvgIpc) is 2.70. The molecule has 0 spiro atoms. The van der Waals surface area contributed by atoms with Crippen LogP contribution < -0.4 is 5.32 Å². The number of aliphatic hydroxyl groups is 1. The number of likely N-dealkylation sites (tertiary alicyclic amines) is 1. The number of carbonyl (C=O) groups excluding carboxylic acids is 1. The van der Waals surface area contributed by atoms with Crippen molar-refractivity contribution in [3.8, 4) is 0 Å². The van der Waals surface area contributed by atoms with Crippen LogP contribution in [-0.2, 0) is 4.79 Å². The van der Waals surface area contributed by atoms with Gasteiger partial charge in [-0.3, -0.25) is 0 Å². The fourth-order valence-corrected chi connectivity index (χ4v) is 3.35. The summed E-state index contributed by atoms with van der Waals surface area (Å²) in [5, 5.41) is 21.6. The molecular weight excluding hydrogens is 260 g/mol. The van der Waals surface area contributed by atoms with Gasteiger partial charge in [-0.2, -0.15) is 0 Å². The fourth-order valence-electron chi connectivity index (χ4n) is 3.35. The van der Waals surface area contributed by atoms with E-state index in [0.29, 0.717) is 0 Å². The highest BCUT2D eigenvalue weighted by Crippen LogP contribution is 2.35. The van der Waals surface area contributed by atoms with E-state index in [4.69, 9.17) is 5.11 Å². The number of rotatable bonds is 2. The minimum Gasteiger partial charge on any atom is -0.480 e. The lowest BCUT2D eigenvalue weighted by molar-refractivity contribution is -0.141. The highest BCUT2D eigenvalue weighted by atomic mass is 16.4. The minimum absolute atomic E-state index is 0.0958. The number of aliphatic hydroxyl groups excluding tert-OH is 1. The molecule has 0 aromatic heterocycles. The Bertz CT molecular complexity index is 397. The predicted octanol–water partition coefficient (Wildman–Crippen LogP) is 1.18. The summed E-state index contributed by atoms with van der Waals surface area (Å²) in [4.78, 5) is 24.6. The zero-order valence-corrected chi connectivity index (χ0v) is 12.1. The third-order valence-corrected chi connectivity index (χ3v) is 4.36. The van der Waals surface area contributed by atoms with Gasteiger partial charge < -0.3 is 20.4 Å². The van der Waals surface area contributed by atoms with Crippen LogP contribution in [0, 0.1) is 5.41 Å². The second-order valence-corrected chi connectivity index (χ2v) is 6.80. The van der Waals surface area contributed by atoms with E-state index in [2.05, 4.69) is 19.2 Å². The van der Waals surface area contributed by atoms with Crippen LogP contribution in [0.2, 0.25) is 0 Å². The van der Waals surface area contributed by atoms with Gasteiger partial charge in [-0.25, -0.2) is 9.59 Å². The first kappa shape index (κ1) is 15.1. The van der Waals surface area contributed by atoms with Gasteiger partial charge in [0.05, 0.1) is 6.10 Å². The smallest absolute Gasteiger partial charge is 0.326 e. The van der Waals surface area contributed by atoms with Crippen LogP contribution in [0.3, 0.4) is 0 Å². The maximum atomic E-state index is 12.2. The van der Waals surface area contributed by atoms with E-state index >= 15 is 0 Å². The van der Waals surface area contributed by atoms with Gasteiger partial charge in [0.25, 0.3) is 0 Å². The molecule has 1 aliphatic carbocycles. The first-order chi connectivity index (χ1) is 9.28. The van der Waals surface area contributed by atoms with Crippen LogP contribution >= 0.6 is 0 Å². The Labute approximate surface area is 119 Å². The third kappa shape index (κ3) is 3.42. The molecule has 0 aromatic rings. The number of hydrogen-bond acceptors (Lipinski definition) is 3. The van der Waals surface area contributed by atoms with Gasteiger partial charge in [0.15, 0.2) is 0 Å². The predicted molar refractivity (Wildman–Crippen MR) is 73.3 cm³/mol. The molecule has 0 radical (unpaired) electrons. The molecule has 3 unspecified atom stereocenters. The van der Waals surface area contributed by atoms with Crippen LogP contribution in [0.1, 0.15) is 46.0 Å². The topological polar surface area (TPSA) is 89.9 Å². The summed E-state index contributed by atoms with van der Waals surface area (Å²) in [7, 11) is 0. The molecule has 0 bridgehead atoms. The fraction of sp³-hybridized carbons (Fsp3) is 0.857. The standard InChI is InChI=1S/C14H24N2O4/c1-14(2)5-3-4-9(7-14)15-13(20)16-8-10(17)6-11(16)12(18)19/h9-11,17H,3-8H2,1-2H3,(H,15,20)(H,18,19). The molecule has 1 saturated heterocycles. The summed E-state index contributed by atoms with van der Waals surface area (Å²) >= 11 is 0. The number of nitrogens with one attached hydrogen (secondary N) is 1. The Morgan fingerprint density at radius 1 is 1.35 bits per heavy atom. The molecule has 1 saturated carbocycles. The van der Waals surface area contributed by atoms with Gasteiger partial charge in [0.2, 0.25) is 0 Å². The summed E-state index contributed by atoms with van der Waals surface area (Å²) in [6.07, 6.45) is 3.43. The van der Waals surface area contributed by atoms with E-state index in [1.807, 2.05) is 0 Å². The van der Waals surface area contributed by atoms with Gasteiger partial charge >= 0.3 is 12.0 Å². The van der Waals surface area contributed by atoms with Crippen molar-refractivity contribution < 1.29 is 19.8 Å². The molecule has 6 heteroatoms. The lowest BCUT2D eigenvalue weighted by Crippen LogP contribution is -2.50. The summed E-state index contributed by atoms with van der Waals surface area (Å²) in [6.45, 7) is 4.47. The lowest BCUT2D eigenvalue weighted by Gasteiger charge is -2.36. The second kappa shape index (κ2) is 5.60. The molecule has 3 atom stereocenters. The van der Waals surface area contributed by atoms with E-state index in [-0.39, 0.29) is 30.5 Å². The van der Waals surface area contributed by atoms with Crippen LogP contribution in [0.4, 0.5) is 4.79 Å². The van der Waals surface area contributed by atoms with Crippen molar-refractivity contribution >= 4 is 12.0 Å². The monoisotopic (exact) mass is 284 g/mol. The zero-order valence-electron chi connectivity index (χ0n) is 12.1. The number of carboxylic acids is 1. The highest BCUT2D eigenvalue weighted by Gasteiger charge is 2.40. The molecular formula is C14H24N2O4. The van der Waals surface area contributed by atoms with E-state index in [9.17, 15) is 14.7 Å².